The highest BCUT2D eigenvalue weighted by molar-refractivity contribution is 7.99. The van der Waals surface area contributed by atoms with E-state index < -0.39 is 17.8 Å². The Bertz CT molecular complexity index is 1070. The summed E-state index contributed by atoms with van der Waals surface area (Å²) >= 11 is 1.26. The van der Waals surface area contributed by atoms with Gasteiger partial charge < -0.3 is 15.2 Å². The van der Waals surface area contributed by atoms with Gasteiger partial charge in [-0.25, -0.2) is 4.39 Å². The van der Waals surface area contributed by atoms with E-state index >= 15 is 0 Å². The molecule has 3 aromatic rings. The number of aromatic nitrogens is 3. The standard InChI is InChI=1S/C22H24FN5O2S/c1-4-28-20(15(3)24-21(30)17-7-5-6-8-18(17)23)26-27-22(28)31-13-19(29)25-16-11-9-14(2)10-12-16/h5-12,15H,4,13H2,1-3H3,(H,24,30)(H,25,29). The maximum atomic E-state index is 13.9. The van der Waals surface area contributed by atoms with Crippen molar-refractivity contribution in [3.63, 3.8) is 0 Å². The Morgan fingerprint density at radius 1 is 1.13 bits per heavy atom. The van der Waals surface area contributed by atoms with Crippen LogP contribution < -0.4 is 10.6 Å². The second kappa shape index (κ2) is 10.2. The predicted molar refractivity (Wildman–Crippen MR) is 119 cm³/mol. The van der Waals surface area contributed by atoms with Gasteiger partial charge in [-0.2, -0.15) is 0 Å². The lowest BCUT2D eigenvalue weighted by molar-refractivity contribution is -0.113. The lowest BCUT2D eigenvalue weighted by Gasteiger charge is -2.15. The van der Waals surface area contributed by atoms with Gasteiger partial charge in [0.25, 0.3) is 5.91 Å². The van der Waals surface area contributed by atoms with Crippen molar-refractivity contribution >= 4 is 29.3 Å². The molecule has 1 heterocycles. The normalized spacial score (nSPS) is 11.7. The highest BCUT2D eigenvalue weighted by atomic mass is 32.2. The quantitative estimate of drug-likeness (QED) is 0.517. The molecule has 1 atom stereocenters. The number of carbonyl (C=O) groups is 2. The van der Waals surface area contributed by atoms with E-state index in [0.717, 1.165) is 11.3 Å². The second-order valence-electron chi connectivity index (χ2n) is 6.96. The first-order valence-corrected chi connectivity index (χ1v) is 10.9. The summed E-state index contributed by atoms with van der Waals surface area (Å²) in [6.07, 6.45) is 0. The maximum Gasteiger partial charge on any atom is 0.254 e. The van der Waals surface area contributed by atoms with E-state index in [0.29, 0.717) is 17.5 Å². The molecule has 31 heavy (non-hydrogen) atoms. The van der Waals surface area contributed by atoms with Gasteiger partial charge >= 0.3 is 0 Å². The number of nitrogens with zero attached hydrogens (tertiary/aromatic N) is 3. The highest BCUT2D eigenvalue weighted by Gasteiger charge is 2.21. The average Bonchev–Trinajstić information content (AvgIpc) is 3.17. The van der Waals surface area contributed by atoms with Crippen LogP contribution in [0.5, 0.6) is 0 Å². The van der Waals surface area contributed by atoms with Gasteiger partial charge in [0.1, 0.15) is 5.82 Å². The molecule has 1 unspecified atom stereocenters. The van der Waals surface area contributed by atoms with E-state index in [1.807, 2.05) is 42.7 Å². The minimum atomic E-state index is -0.583. The third-order valence-electron chi connectivity index (χ3n) is 4.58. The summed E-state index contributed by atoms with van der Waals surface area (Å²) in [7, 11) is 0. The molecule has 7 nitrogen and oxygen atoms in total. The molecule has 0 bridgehead atoms. The number of carbonyl (C=O) groups excluding carboxylic acids is 2. The zero-order valence-electron chi connectivity index (χ0n) is 17.6. The van der Waals surface area contributed by atoms with Crippen LogP contribution >= 0.6 is 11.8 Å². The van der Waals surface area contributed by atoms with Crippen LogP contribution in [0.2, 0.25) is 0 Å². The second-order valence-corrected chi connectivity index (χ2v) is 7.91. The molecule has 0 saturated carbocycles. The number of amides is 2. The summed E-state index contributed by atoms with van der Waals surface area (Å²) in [5, 5.41) is 14.5. The molecule has 0 spiro atoms. The molecule has 162 valence electrons. The molecule has 0 aliphatic carbocycles. The molecule has 0 aliphatic heterocycles. The zero-order valence-corrected chi connectivity index (χ0v) is 18.4. The Labute approximate surface area is 184 Å². The van der Waals surface area contributed by atoms with Crippen LogP contribution in [-0.2, 0) is 11.3 Å². The minimum Gasteiger partial charge on any atom is -0.342 e. The fourth-order valence-corrected chi connectivity index (χ4v) is 3.78. The van der Waals surface area contributed by atoms with Crippen molar-refractivity contribution in [3.8, 4) is 0 Å². The Kier molecular flexibility index (Phi) is 7.41. The molecule has 0 radical (unpaired) electrons. The number of thioether (sulfide) groups is 1. The highest BCUT2D eigenvalue weighted by Crippen LogP contribution is 2.21. The average molecular weight is 442 g/mol. The van der Waals surface area contributed by atoms with Crippen LogP contribution in [0.25, 0.3) is 0 Å². The molecule has 2 amide bonds. The topological polar surface area (TPSA) is 88.9 Å². The predicted octanol–water partition coefficient (Wildman–Crippen LogP) is 3.97. The van der Waals surface area contributed by atoms with Gasteiger partial charge in [-0.3, -0.25) is 9.59 Å². The van der Waals surface area contributed by atoms with Crippen LogP contribution in [0.15, 0.2) is 53.7 Å². The van der Waals surface area contributed by atoms with E-state index in [4.69, 9.17) is 0 Å². The van der Waals surface area contributed by atoms with Crippen LogP contribution in [0.1, 0.15) is 41.6 Å². The third-order valence-corrected chi connectivity index (χ3v) is 5.55. The maximum absolute atomic E-state index is 13.9. The number of rotatable bonds is 8. The number of benzene rings is 2. The number of nitrogens with one attached hydrogen (secondary N) is 2. The number of aryl methyl sites for hydroxylation is 1. The van der Waals surface area contributed by atoms with E-state index in [9.17, 15) is 14.0 Å². The van der Waals surface area contributed by atoms with E-state index in [1.165, 1.54) is 30.0 Å². The summed E-state index contributed by atoms with van der Waals surface area (Å²) in [6.45, 7) is 6.22. The Balaban J connectivity index is 1.63. The van der Waals surface area contributed by atoms with Crippen LogP contribution in [-0.4, -0.2) is 32.3 Å². The first kappa shape index (κ1) is 22.5. The van der Waals surface area contributed by atoms with Gasteiger partial charge in [0.2, 0.25) is 5.91 Å². The molecule has 3 rings (SSSR count). The summed E-state index contributed by atoms with van der Waals surface area (Å²) in [4.78, 5) is 24.7. The largest absolute Gasteiger partial charge is 0.342 e. The zero-order chi connectivity index (χ0) is 22.4. The number of hydrogen-bond acceptors (Lipinski definition) is 5. The molecule has 0 aliphatic rings. The first-order valence-electron chi connectivity index (χ1n) is 9.86. The number of anilines is 1. The van der Waals surface area contributed by atoms with Gasteiger partial charge in [0, 0.05) is 12.2 Å². The molecule has 1 aromatic heterocycles. The van der Waals surface area contributed by atoms with E-state index in [1.54, 1.807) is 13.0 Å². The minimum absolute atomic E-state index is 0.0284. The first-order chi connectivity index (χ1) is 14.9. The molecule has 0 saturated heterocycles. The van der Waals surface area contributed by atoms with Gasteiger partial charge in [-0.15, -0.1) is 10.2 Å². The van der Waals surface area contributed by atoms with Crippen molar-refractivity contribution in [1.82, 2.24) is 20.1 Å². The van der Waals surface area contributed by atoms with Crippen molar-refractivity contribution in [2.24, 2.45) is 0 Å². The Morgan fingerprint density at radius 2 is 1.84 bits per heavy atom. The smallest absolute Gasteiger partial charge is 0.254 e. The Morgan fingerprint density at radius 3 is 2.52 bits per heavy atom. The van der Waals surface area contributed by atoms with Crippen molar-refractivity contribution in [2.45, 2.75) is 38.5 Å². The van der Waals surface area contributed by atoms with Gasteiger partial charge in [0.05, 0.1) is 17.4 Å². The van der Waals surface area contributed by atoms with Gasteiger partial charge in [-0.05, 0) is 45.0 Å². The summed E-state index contributed by atoms with van der Waals surface area (Å²) in [5.41, 5.74) is 1.82. The molecular formula is C22H24FN5O2S. The Hall–Kier alpha value is -3.20. The summed E-state index contributed by atoms with van der Waals surface area (Å²) < 4.78 is 15.7. The number of halogens is 1. The van der Waals surface area contributed by atoms with Gasteiger partial charge in [0.15, 0.2) is 11.0 Å². The molecule has 2 aromatic carbocycles. The van der Waals surface area contributed by atoms with Gasteiger partial charge in [-0.1, -0.05) is 41.6 Å². The van der Waals surface area contributed by atoms with E-state index in [2.05, 4.69) is 20.8 Å². The fraction of sp³-hybridized carbons (Fsp3) is 0.273. The lowest BCUT2D eigenvalue weighted by Crippen LogP contribution is -2.29. The third kappa shape index (κ3) is 5.69. The molecule has 9 heteroatoms. The van der Waals surface area contributed by atoms with Crippen molar-refractivity contribution in [3.05, 3.63) is 71.3 Å². The molecular weight excluding hydrogens is 417 g/mol. The van der Waals surface area contributed by atoms with Crippen LogP contribution in [0, 0.1) is 12.7 Å². The summed E-state index contributed by atoms with van der Waals surface area (Å²) in [6, 6.07) is 12.9. The SMILES string of the molecule is CCn1c(SCC(=O)Nc2ccc(C)cc2)nnc1C(C)NC(=O)c1ccccc1F. The van der Waals surface area contributed by atoms with Crippen molar-refractivity contribution in [1.29, 1.82) is 0 Å². The van der Waals surface area contributed by atoms with Crippen LogP contribution in [0.4, 0.5) is 10.1 Å². The number of hydrogen-bond donors (Lipinski definition) is 2. The van der Waals surface area contributed by atoms with Crippen molar-refractivity contribution in [2.75, 3.05) is 11.1 Å². The monoisotopic (exact) mass is 441 g/mol. The lowest BCUT2D eigenvalue weighted by atomic mass is 10.2. The molecule has 2 N–H and O–H groups in total. The fourth-order valence-electron chi connectivity index (χ4n) is 2.97. The summed E-state index contributed by atoms with van der Waals surface area (Å²) in [5.74, 6) is -0.555. The van der Waals surface area contributed by atoms with E-state index in [-0.39, 0.29) is 17.2 Å². The van der Waals surface area contributed by atoms with Crippen molar-refractivity contribution < 1.29 is 14.0 Å². The molecule has 0 fully saturated rings. The van der Waals surface area contributed by atoms with Crippen LogP contribution in [0.3, 0.4) is 0 Å².